The van der Waals surface area contributed by atoms with E-state index < -0.39 is 16.2 Å². The molecule has 0 bridgehead atoms. The first-order valence-corrected chi connectivity index (χ1v) is 7.86. The maximum Gasteiger partial charge on any atom is 0.359 e. The predicted molar refractivity (Wildman–Crippen MR) is 82.7 cm³/mol. The average Bonchev–Trinajstić information content (AvgIpc) is 2.49. The maximum absolute atomic E-state index is 11.0. The standard InChI is InChI=1S/C8H10O.C7H7NO4S/c9-7-6-8-4-2-1-3-5-8;9-7(8-13(10,11)12)6-4-2-1-3-5-6/h1-5,9H,6-7H2;1-5H,(H,8,9)(H,10,11,12). The van der Waals surface area contributed by atoms with Gasteiger partial charge < -0.3 is 5.11 Å². The van der Waals surface area contributed by atoms with Gasteiger partial charge in [-0.05, 0) is 24.1 Å². The van der Waals surface area contributed by atoms with Crippen molar-refractivity contribution in [2.75, 3.05) is 6.61 Å². The number of hydrogen-bond donors (Lipinski definition) is 3. The van der Waals surface area contributed by atoms with Crippen LogP contribution in [0.15, 0.2) is 60.7 Å². The summed E-state index contributed by atoms with van der Waals surface area (Å²) in [5.74, 6) is -0.858. The number of nitrogens with one attached hydrogen (secondary N) is 1. The molecule has 22 heavy (non-hydrogen) atoms. The Balaban J connectivity index is 0.000000235. The van der Waals surface area contributed by atoms with Gasteiger partial charge in [-0.2, -0.15) is 8.42 Å². The minimum Gasteiger partial charge on any atom is -0.396 e. The SMILES string of the molecule is O=C(NS(=O)(=O)O)c1ccccc1.OCCc1ccccc1. The fraction of sp³-hybridized carbons (Fsp3) is 0.133. The van der Waals surface area contributed by atoms with E-state index in [4.69, 9.17) is 9.66 Å². The van der Waals surface area contributed by atoms with Crippen molar-refractivity contribution >= 4 is 16.2 Å². The van der Waals surface area contributed by atoms with Crippen LogP contribution in [0.1, 0.15) is 15.9 Å². The van der Waals surface area contributed by atoms with E-state index in [0.29, 0.717) is 0 Å². The summed E-state index contributed by atoms with van der Waals surface area (Å²) in [6.45, 7) is 0.240. The normalized spacial score (nSPS) is 10.3. The Morgan fingerprint density at radius 1 is 0.955 bits per heavy atom. The van der Waals surface area contributed by atoms with Crippen molar-refractivity contribution in [3.8, 4) is 0 Å². The van der Waals surface area contributed by atoms with Gasteiger partial charge in [0, 0.05) is 12.2 Å². The van der Waals surface area contributed by atoms with Crippen LogP contribution in [0.2, 0.25) is 0 Å². The second-order valence-electron chi connectivity index (χ2n) is 4.23. The fourth-order valence-corrected chi connectivity index (χ4v) is 1.89. The molecular weight excluding hydrogens is 306 g/mol. The van der Waals surface area contributed by atoms with Crippen LogP contribution in [-0.2, 0) is 16.7 Å². The van der Waals surface area contributed by atoms with E-state index in [-0.39, 0.29) is 12.2 Å². The summed E-state index contributed by atoms with van der Waals surface area (Å²) in [5.41, 5.74) is 1.36. The van der Waals surface area contributed by atoms with Crippen LogP contribution in [0.25, 0.3) is 0 Å². The molecule has 0 aliphatic carbocycles. The topological polar surface area (TPSA) is 104 Å². The Hall–Kier alpha value is -2.22. The molecule has 0 radical (unpaired) electrons. The summed E-state index contributed by atoms with van der Waals surface area (Å²) in [4.78, 5) is 11.0. The third-order valence-electron chi connectivity index (χ3n) is 2.50. The Kier molecular flexibility index (Phi) is 7.24. The lowest BCUT2D eigenvalue weighted by Gasteiger charge is -1.99. The van der Waals surface area contributed by atoms with Gasteiger partial charge >= 0.3 is 10.3 Å². The second-order valence-corrected chi connectivity index (χ2v) is 5.39. The number of carbonyl (C=O) groups is 1. The summed E-state index contributed by atoms with van der Waals surface area (Å²) in [5, 5.41) is 8.52. The third kappa shape index (κ3) is 7.53. The lowest BCUT2D eigenvalue weighted by Crippen LogP contribution is -2.29. The molecule has 0 aromatic heterocycles. The summed E-state index contributed by atoms with van der Waals surface area (Å²) < 4.78 is 30.2. The minimum absolute atomic E-state index is 0.167. The van der Waals surface area contributed by atoms with E-state index in [9.17, 15) is 13.2 Å². The molecule has 2 aromatic rings. The first kappa shape index (κ1) is 17.8. The van der Waals surface area contributed by atoms with Gasteiger partial charge in [-0.15, -0.1) is 0 Å². The molecule has 0 aliphatic rings. The molecule has 1 amide bonds. The molecular formula is C15H17NO5S. The molecule has 0 saturated carbocycles. The molecule has 0 saturated heterocycles. The van der Waals surface area contributed by atoms with Gasteiger partial charge in [0.05, 0.1) is 0 Å². The zero-order valence-electron chi connectivity index (χ0n) is 11.7. The molecule has 6 nitrogen and oxygen atoms in total. The van der Waals surface area contributed by atoms with Gasteiger partial charge in [-0.1, -0.05) is 48.5 Å². The number of rotatable bonds is 4. The van der Waals surface area contributed by atoms with Crippen molar-refractivity contribution < 1.29 is 22.9 Å². The van der Waals surface area contributed by atoms with Crippen molar-refractivity contribution in [1.29, 1.82) is 0 Å². The number of hydrogen-bond acceptors (Lipinski definition) is 4. The minimum atomic E-state index is -4.47. The highest BCUT2D eigenvalue weighted by Crippen LogP contribution is 1.98. The van der Waals surface area contributed by atoms with Gasteiger partial charge in [0.25, 0.3) is 5.91 Å². The Bertz CT molecular complexity index is 672. The first-order chi connectivity index (χ1) is 10.4. The van der Waals surface area contributed by atoms with Gasteiger partial charge in [0.1, 0.15) is 0 Å². The highest BCUT2D eigenvalue weighted by Gasteiger charge is 2.11. The molecule has 0 aliphatic heterocycles. The van der Waals surface area contributed by atoms with Crippen molar-refractivity contribution in [3.63, 3.8) is 0 Å². The van der Waals surface area contributed by atoms with E-state index in [1.165, 1.54) is 22.4 Å². The van der Waals surface area contributed by atoms with Crippen molar-refractivity contribution in [2.24, 2.45) is 0 Å². The zero-order valence-corrected chi connectivity index (χ0v) is 12.5. The number of aliphatic hydroxyl groups excluding tert-OH is 1. The molecule has 0 spiro atoms. The zero-order chi connectivity index (χ0) is 16.4. The third-order valence-corrected chi connectivity index (χ3v) is 2.94. The van der Waals surface area contributed by atoms with E-state index >= 15 is 0 Å². The number of aliphatic hydroxyl groups is 1. The second kappa shape index (κ2) is 8.93. The summed E-state index contributed by atoms with van der Waals surface area (Å²) in [6.07, 6.45) is 0.765. The number of carbonyl (C=O) groups excluding carboxylic acids is 1. The summed E-state index contributed by atoms with van der Waals surface area (Å²) >= 11 is 0. The van der Waals surface area contributed by atoms with E-state index in [1.807, 2.05) is 30.3 Å². The Labute approximate surface area is 129 Å². The summed E-state index contributed by atoms with van der Waals surface area (Å²) in [7, 11) is -4.47. The molecule has 2 rings (SSSR count). The van der Waals surface area contributed by atoms with Gasteiger partial charge in [-0.3, -0.25) is 9.35 Å². The molecule has 2 aromatic carbocycles. The van der Waals surface area contributed by atoms with Crippen LogP contribution in [0.3, 0.4) is 0 Å². The molecule has 7 heteroatoms. The lowest BCUT2D eigenvalue weighted by molar-refractivity contribution is 0.0978. The Morgan fingerprint density at radius 3 is 1.91 bits per heavy atom. The van der Waals surface area contributed by atoms with Crippen LogP contribution < -0.4 is 4.72 Å². The number of benzene rings is 2. The average molecular weight is 323 g/mol. The van der Waals surface area contributed by atoms with Crippen LogP contribution in [0.4, 0.5) is 0 Å². The largest absolute Gasteiger partial charge is 0.396 e. The fourth-order valence-electron chi connectivity index (χ4n) is 1.54. The maximum atomic E-state index is 11.0. The van der Waals surface area contributed by atoms with Crippen molar-refractivity contribution in [2.45, 2.75) is 6.42 Å². The molecule has 0 unspecified atom stereocenters. The highest BCUT2D eigenvalue weighted by molar-refractivity contribution is 7.84. The Morgan fingerprint density at radius 2 is 1.45 bits per heavy atom. The van der Waals surface area contributed by atoms with E-state index in [0.717, 1.165) is 6.42 Å². The van der Waals surface area contributed by atoms with Crippen LogP contribution in [0, 0.1) is 0 Å². The van der Waals surface area contributed by atoms with E-state index in [2.05, 4.69) is 0 Å². The predicted octanol–water partition coefficient (Wildman–Crippen LogP) is 1.44. The smallest absolute Gasteiger partial charge is 0.359 e. The molecule has 0 heterocycles. The summed E-state index contributed by atoms with van der Waals surface area (Å²) in [6, 6.07) is 17.7. The van der Waals surface area contributed by atoms with Crippen LogP contribution in [0.5, 0.6) is 0 Å². The quantitative estimate of drug-likeness (QED) is 0.739. The molecule has 3 N–H and O–H groups in total. The van der Waals surface area contributed by atoms with Gasteiger partial charge in [0.2, 0.25) is 0 Å². The van der Waals surface area contributed by atoms with Gasteiger partial charge in [-0.25, -0.2) is 4.72 Å². The van der Waals surface area contributed by atoms with E-state index in [1.54, 1.807) is 18.2 Å². The first-order valence-electron chi connectivity index (χ1n) is 6.42. The monoisotopic (exact) mass is 323 g/mol. The molecule has 118 valence electrons. The molecule has 0 fully saturated rings. The highest BCUT2D eigenvalue weighted by atomic mass is 32.2. The van der Waals surface area contributed by atoms with Crippen LogP contribution in [-0.4, -0.2) is 30.6 Å². The van der Waals surface area contributed by atoms with Gasteiger partial charge in [0.15, 0.2) is 0 Å². The molecule has 0 atom stereocenters. The number of amides is 1. The van der Waals surface area contributed by atoms with Crippen LogP contribution >= 0.6 is 0 Å². The van der Waals surface area contributed by atoms with Crippen molar-refractivity contribution in [3.05, 3.63) is 71.8 Å². The lowest BCUT2D eigenvalue weighted by atomic mass is 10.2. The van der Waals surface area contributed by atoms with Crippen molar-refractivity contribution in [1.82, 2.24) is 4.72 Å².